The first-order chi connectivity index (χ1) is 10.9. The molecule has 1 fully saturated rings. The number of oxazole rings is 1. The molecule has 1 aromatic carbocycles. The van der Waals surface area contributed by atoms with Gasteiger partial charge in [0.25, 0.3) is 0 Å². The van der Waals surface area contributed by atoms with E-state index in [0.29, 0.717) is 24.4 Å². The van der Waals surface area contributed by atoms with Crippen LogP contribution in [0.3, 0.4) is 0 Å². The molecule has 2 N–H and O–H groups in total. The molecule has 118 valence electrons. The summed E-state index contributed by atoms with van der Waals surface area (Å²) < 4.78 is 5.57. The lowest BCUT2D eigenvalue weighted by Gasteiger charge is -2.24. The molecule has 1 heterocycles. The summed E-state index contributed by atoms with van der Waals surface area (Å²) in [6.07, 6.45) is 7.71. The van der Waals surface area contributed by atoms with Crippen molar-refractivity contribution in [2.75, 3.05) is 6.61 Å². The zero-order valence-corrected chi connectivity index (χ0v) is 12.9. The van der Waals surface area contributed by atoms with Crippen molar-refractivity contribution >= 4 is 0 Å². The third-order valence-corrected chi connectivity index (χ3v) is 4.51. The largest absolute Gasteiger partial charge is 0.444 e. The Balaban J connectivity index is 1.60. The van der Waals surface area contributed by atoms with Crippen molar-refractivity contribution in [3.63, 3.8) is 0 Å². The normalized spacial score (nSPS) is 22.4. The van der Waals surface area contributed by atoms with E-state index in [2.05, 4.69) is 10.3 Å². The topological polar surface area (TPSA) is 58.3 Å². The molecule has 0 amide bonds. The van der Waals surface area contributed by atoms with Crippen LogP contribution in [0.4, 0.5) is 0 Å². The van der Waals surface area contributed by atoms with Gasteiger partial charge in [-0.2, -0.15) is 0 Å². The molecule has 0 radical (unpaired) electrons. The molecule has 1 saturated carbocycles. The second kappa shape index (κ2) is 7.56. The molecule has 4 heteroatoms. The van der Waals surface area contributed by atoms with Crippen LogP contribution in [0.2, 0.25) is 0 Å². The fourth-order valence-corrected chi connectivity index (χ4v) is 3.21. The highest BCUT2D eigenvalue weighted by atomic mass is 16.3. The molecule has 1 aliphatic carbocycles. The molecule has 0 aliphatic heterocycles. The van der Waals surface area contributed by atoms with Crippen molar-refractivity contribution < 1.29 is 9.52 Å². The van der Waals surface area contributed by atoms with Crippen LogP contribution in [0.5, 0.6) is 0 Å². The van der Waals surface area contributed by atoms with Crippen molar-refractivity contribution in [2.45, 2.75) is 44.7 Å². The van der Waals surface area contributed by atoms with Gasteiger partial charge in [0.15, 0.2) is 0 Å². The minimum Gasteiger partial charge on any atom is -0.444 e. The molecule has 4 nitrogen and oxygen atoms in total. The first-order valence-corrected chi connectivity index (χ1v) is 8.21. The number of hydrogen-bond acceptors (Lipinski definition) is 4. The summed E-state index contributed by atoms with van der Waals surface area (Å²) in [6.45, 7) is 0.962. The number of nitrogens with zero attached hydrogens (tertiary/aromatic N) is 1. The molecule has 22 heavy (non-hydrogen) atoms. The Morgan fingerprint density at radius 1 is 1.14 bits per heavy atom. The van der Waals surface area contributed by atoms with Crippen molar-refractivity contribution in [3.05, 3.63) is 42.3 Å². The molecule has 0 spiro atoms. The highest BCUT2D eigenvalue weighted by Crippen LogP contribution is 2.24. The summed E-state index contributed by atoms with van der Waals surface area (Å²) in [5, 5.41) is 13.1. The first-order valence-electron chi connectivity index (χ1n) is 8.21. The lowest BCUT2D eigenvalue weighted by atomic mass is 9.95. The van der Waals surface area contributed by atoms with Gasteiger partial charge in [-0.3, -0.25) is 0 Å². The van der Waals surface area contributed by atoms with Crippen molar-refractivity contribution in [1.82, 2.24) is 10.3 Å². The van der Waals surface area contributed by atoms with Crippen LogP contribution in [-0.4, -0.2) is 22.7 Å². The van der Waals surface area contributed by atoms with Gasteiger partial charge in [-0.25, -0.2) is 4.98 Å². The predicted octanol–water partition coefficient (Wildman–Crippen LogP) is 3.37. The van der Waals surface area contributed by atoms with Gasteiger partial charge in [0.1, 0.15) is 6.26 Å². The maximum absolute atomic E-state index is 9.56. The predicted molar refractivity (Wildman–Crippen MR) is 86.2 cm³/mol. The lowest BCUT2D eigenvalue weighted by Crippen LogP contribution is -2.36. The van der Waals surface area contributed by atoms with Gasteiger partial charge in [0, 0.05) is 24.8 Å². The third-order valence-electron chi connectivity index (χ3n) is 4.51. The zero-order valence-electron chi connectivity index (χ0n) is 12.9. The van der Waals surface area contributed by atoms with E-state index in [1.54, 1.807) is 6.26 Å². The average molecular weight is 300 g/mol. The number of hydrogen-bond donors (Lipinski definition) is 2. The summed E-state index contributed by atoms with van der Waals surface area (Å²) in [7, 11) is 0. The van der Waals surface area contributed by atoms with Gasteiger partial charge in [0.2, 0.25) is 5.89 Å². The maximum Gasteiger partial charge on any atom is 0.226 e. The van der Waals surface area contributed by atoms with Crippen molar-refractivity contribution in [1.29, 1.82) is 0 Å². The third kappa shape index (κ3) is 3.76. The Kier molecular flexibility index (Phi) is 5.24. The fraction of sp³-hybridized carbons (Fsp3) is 0.500. The number of nitrogens with one attached hydrogen (secondary N) is 1. The van der Waals surface area contributed by atoms with E-state index in [-0.39, 0.29) is 6.61 Å². The minimum absolute atomic E-state index is 0.270. The SMILES string of the molecule is OCC1CCCCCC1NCc1coc(-c2ccccc2)n1. The van der Waals surface area contributed by atoms with Gasteiger partial charge in [-0.1, -0.05) is 37.5 Å². The minimum atomic E-state index is 0.270. The second-order valence-electron chi connectivity index (χ2n) is 6.08. The summed E-state index contributed by atoms with van der Waals surface area (Å²) in [4.78, 5) is 4.55. The number of aliphatic hydroxyl groups is 1. The summed E-state index contributed by atoms with van der Waals surface area (Å²) in [5.74, 6) is 1.03. The quantitative estimate of drug-likeness (QED) is 0.831. The van der Waals surface area contributed by atoms with Crippen LogP contribution in [-0.2, 0) is 6.54 Å². The maximum atomic E-state index is 9.56. The average Bonchev–Trinajstić information content (AvgIpc) is 2.92. The van der Waals surface area contributed by atoms with Gasteiger partial charge < -0.3 is 14.8 Å². The molecule has 2 atom stereocenters. The Morgan fingerprint density at radius 2 is 1.95 bits per heavy atom. The van der Waals surface area contributed by atoms with Crippen molar-refractivity contribution in [2.24, 2.45) is 5.92 Å². The van der Waals surface area contributed by atoms with Gasteiger partial charge in [-0.15, -0.1) is 0 Å². The molecule has 0 saturated heterocycles. The highest BCUT2D eigenvalue weighted by molar-refractivity contribution is 5.52. The number of rotatable bonds is 5. The number of aromatic nitrogens is 1. The molecule has 2 aromatic rings. The molecule has 1 aliphatic rings. The number of aliphatic hydroxyl groups excluding tert-OH is 1. The van der Waals surface area contributed by atoms with Crippen LogP contribution in [0.25, 0.3) is 11.5 Å². The van der Waals surface area contributed by atoms with E-state index in [1.165, 1.54) is 19.3 Å². The van der Waals surface area contributed by atoms with E-state index in [4.69, 9.17) is 4.42 Å². The highest BCUT2D eigenvalue weighted by Gasteiger charge is 2.22. The fourth-order valence-electron chi connectivity index (χ4n) is 3.21. The van der Waals surface area contributed by atoms with Crippen LogP contribution in [0, 0.1) is 5.92 Å². The van der Waals surface area contributed by atoms with E-state index in [1.807, 2.05) is 30.3 Å². The summed E-state index contributed by atoms with van der Waals surface area (Å²) >= 11 is 0. The molecular formula is C18H24N2O2. The van der Waals surface area contributed by atoms with Crippen LogP contribution in [0.15, 0.2) is 41.0 Å². The van der Waals surface area contributed by atoms with E-state index < -0.39 is 0 Å². The Labute approximate surface area is 131 Å². The van der Waals surface area contributed by atoms with E-state index >= 15 is 0 Å². The Hall–Kier alpha value is -1.65. The van der Waals surface area contributed by atoms with Crippen LogP contribution >= 0.6 is 0 Å². The van der Waals surface area contributed by atoms with E-state index in [0.717, 1.165) is 24.1 Å². The molecule has 2 unspecified atom stereocenters. The van der Waals surface area contributed by atoms with Gasteiger partial charge in [-0.05, 0) is 30.9 Å². The molecular weight excluding hydrogens is 276 g/mol. The van der Waals surface area contributed by atoms with Gasteiger partial charge >= 0.3 is 0 Å². The monoisotopic (exact) mass is 300 g/mol. The van der Waals surface area contributed by atoms with E-state index in [9.17, 15) is 5.11 Å². The molecule has 3 rings (SSSR count). The van der Waals surface area contributed by atoms with Gasteiger partial charge in [0.05, 0.1) is 5.69 Å². The standard InChI is InChI=1S/C18H24N2O2/c21-12-15-9-5-2-6-10-17(15)19-11-16-13-22-18(20-16)14-7-3-1-4-8-14/h1,3-4,7-8,13,15,17,19,21H,2,5-6,9-12H2. The van der Waals surface area contributed by atoms with Crippen LogP contribution < -0.4 is 5.32 Å². The summed E-state index contributed by atoms with van der Waals surface area (Å²) in [6, 6.07) is 10.3. The van der Waals surface area contributed by atoms with Crippen molar-refractivity contribution in [3.8, 4) is 11.5 Å². The smallest absolute Gasteiger partial charge is 0.226 e. The lowest BCUT2D eigenvalue weighted by molar-refractivity contribution is 0.181. The summed E-state index contributed by atoms with van der Waals surface area (Å²) in [5.41, 5.74) is 1.91. The Bertz CT molecular complexity index is 567. The zero-order chi connectivity index (χ0) is 15.2. The second-order valence-corrected chi connectivity index (χ2v) is 6.08. The van der Waals surface area contributed by atoms with Crippen LogP contribution in [0.1, 0.15) is 37.8 Å². The molecule has 1 aromatic heterocycles. The number of benzene rings is 1. The Morgan fingerprint density at radius 3 is 2.77 bits per heavy atom. The first kappa shape index (κ1) is 15.3. The molecule has 0 bridgehead atoms.